The van der Waals surface area contributed by atoms with E-state index in [0.29, 0.717) is 24.5 Å². The fourth-order valence-corrected chi connectivity index (χ4v) is 1.79. The van der Waals surface area contributed by atoms with Crippen LogP contribution in [0.1, 0.15) is 27.3 Å². The van der Waals surface area contributed by atoms with Gasteiger partial charge in [0.15, 0.2) is 0 Å². The number of rotatable bonds is 5. The summed E-state index contributed by atoms with van der Waals surface area (Å²) in [5.41, 5.74) is 2.73. The molecule has 2 rings (SSSR count). The van der Waals surface area contributed by atoms with E-state index in [-0.39, 0.29) is 0 Å². The molecule has 2 N–H and O–H groups in total. The molecule has 0 bridgehead atoms. The van der Waals surface area contributed by atoms with Crippen molar-refractivity contribution in [3.8, 4) is 0 Å². The van der Waals surface area contributed by atoms with Gasteiger partial charge in [-0.3, -0.25) is 0 Å². The van der Waals surface area contributed by atoms with Gasteiger partial charge in [0.05, 0.1) is 17.0 Å². The Bertz CT molecular complexity index is 628. The van der Waals surface area contributed by atoms with Crippen LogP contribution in [0.4, 0.5) is 5.95 Å². The lowest BCUT2D eigenvalue weighted by Gasteiger charge is -2.07. The molecule has 6 nitrogen and oxygen atoms in total. The number of carbonyl (C=O) groups is 1. The van der Waals surface area contributed by atoms with E-state index >= 15 is 0 Å². The van der Waals surface area contributed by atoms with E-state index in [1.165, 1.54) is 0 Å². The molecule has 0 radical (unpaired) electrons. The van der Waals surface area contributed by atoms with E-state index in [4.69, 9.17) is 5.11 Å². The first-order valence-electron chi connectivity index (χ1n) is 6.31. The number of anilines is 1. The molecule has 0 aliphatic rings. The molecule has 0 aliphatic carbocycles. The van der Waals surface area contributed by atoms with E-state index in [9.17, 15) is 4.79 Å². The van der Waals surface area contributed by atoms with E-state index < -0.39 is 5.97 Å². The maximum Gasteiger partial charge on any atom is 0.335 e. The van der Waals surface area contributed by atoms with Crippen LogP contribution in [-0.2, 0) is 6.42 Å². The average Bonchev–Trinajstić information content (AvgIpc) is 2.43. The third-order valence-corrected chi connectivity index (χ3v) is 3.02. The lowest BCUT2D eigenvalue weighted by atomic mass is 10.0. The van der Waals surface area contributed by atoms with Crippen molar-refractivity contribution in [3.05, 3.63) is 46.8 Å². The summed E-state index contributed by atoms with van der Waals surface area (Å²) in [7, 11) is 0. The van der Waals surface area contributed by atoms with Crippen molar-refractivity contribution in [2.45, 2.75) is 20.3 Å². The summed E-state index contributed by atoms with van der Waals surface area (Å²) in [4.78, 5) is 15.3. The number of carboxylic acids is 1. The first-order chi connectivity index (χ1) is 9.58. The first kappa shape index (κ1) is 13.9. The second-order valence-corrected chi connectivity index (χ2v) is 4.45. The van der Waals surface area contributed by atoms with Gasteiger partial charge in [0, 0.05) is 6.54 Å². The van der Waals surface area contributed by atoms with Crippen LogP contribution >= 0.6 is 0 Å². The van der Waals surface area contributed by atoms with Crippen LogP contribution in [0.3, 0.4) is 0 Å². The van der Waals surface area contributed by atoms with Crippen LogP contribution in [0.25, 0.3) is 0 Å². The van der Waals surface area contributed by atoms with Crippen molar-refractivity contribution < 1.29 is 9.90 Å². The summed E-state index contributed by atoms with van der Waals surface area (Å²) >= 11 is 0. The molecule has 0 fully saturated rings. The summed E-state index contributed by atoms with van der Waals surface area (Å²) < 4.78 is 0. The zero-order valence-electron chi connectivity index (χ0n) is 11.4. The molecule has 2 aromatic rings. The van der Waals surface area contributed by atoms with Gasteiger partial charge in [-0.15, -0.1) is 5.10 Å². The number of aryl methyl sites for hydroxylation is 2. The van der Waals surface area contributed by atoms with Crippen LogP contribution in [0.5, 0.6) is 0 Å². The monoisotopic (exact) mass is 272 g/mol. The molecule has 1 aromatic heterocycles. The molecular weight excluding hydrogens is 256 g/mol. The predicted molar refractivity (Wildman–Crippen MR) is 74.9 cm³/mol. The molecule has 20 heavy (non-hydrogen) atoms. The van der Waals surface area contributed by atoms with Gasteiger partial charge in [-0.2, -0.15) is 5.10 Å². The second-order valence-electron chi connectivity index (χ2n) is 4.45. The van der Waals surface area contributed by atoms with E-state index in [0.717, 1.165) is 17.0 Å². The van der Waals surface area contributed by atoms with Gasteiger partial charge in [0.2, 0.25) is 5.95 Å². The van der Waals surface area contributed by atoms with Crippen molar-refractivity contribution in [1.82, 2.24) is 15.2 Å². The highest BCUT2D eigenvalue weighted by molar-refractivity contribution is 5.89. The SMILES string of the molecule is Cc1nnc(NCCc2ccccc2C(=O)O)nc1C. The lowest BCUT2D eigenvalue weighted by Crippen LogP contribution is -2.12. The molecule has 104 valence electrons. The Kier molecular flexibility index (Phi) is 4.24. The summed E-state index contributed by atoms with van der Waals surface area (Å²) in [6, 6.07) is 6.96. The van der Waals surface area contributed by atoms with Crippen LogP contribution in [0.2, 0.25) is 0 Å². The molecule has 0 unspecified atom stereocenters. The van der Waals surface area contributed by atoms with Gasteiger partial charge in [-0.1, -0.05) is 18.2 Å². The molecule has 6 heteroatoms. The molecule has 0 amide bonds. The maximum absolute atomic E-state index is 11.1. The fourth-order valence-electron chi connectivity index (χ4n) is 1.79. The topological polar surface area (TPSA) is 88.0 Å². The van der Waals surface area contributed by atoms with Crippen LogP contribution < -0.4 is 5.32 Å². The Morgan fingerprint density at radius 1 is 1.20 bits per heavy atom. The minimum Gasteiger partial charge on any atom is -0.478 e. The minimum atomic E-state index is -0.912. The van der Waals surface area contributed by atoms with Crippen molar-refractivity contribution >= 4 is 11.9 Å². The van der Waals surface area contributed by atoms with Crippen molar-refractivity contribution in [2.75, 3.05) is 11.9 Å². The zero-order valence-corrected chi connectivity index (χ0v) is 11.4. The number of nitrogens with one attached hydrogen (secondary N) is 1. The number of carboxylic acid groups (broad SMARTS) is 1. The number of hydrogen-bond acceptors (Lipinski definition) is 5. The number of aromatic nitrogens is 3. The number of aromatic carboxylic acids is 1. The Morgan fingerprint density at radius 2 is 1.95 bits per heavy atom. The molecule has 0 atom stereocenters. The standard InChI is InChI=1S/C14H16N4O2/c1-9-10(2)17-18-14(16-9)15-8-7-11-5-3-4-6-12(11)13(19)20/h3-6H,7-8H2,1-2H3,(H,19,20)(H,15,16,18). The molecule has 0 aliphatic heterocycles. The van der Waals surface area contributed by atoms with Gasteiger partial charge in [0.25, 0.3) is 0 Å². The zero-order chi connectivity index (χ0) is 14.5. The average molecular weight is 272 g/mol. The summed E-state index contributed by atoms with van der Waals surface area (Å²) in [5, 5.41) is 20.1. The normalized spacial score (nSPS) is 10.3. The highest BCUT2D eigenvalue weighted by atomic mass is 16.4. The largest absolute Gasteiger partial charge is 0.478 e. The van der Waals surface area contributed by atoms with Crippen molar-refractivity contribution in [1.29, 1.82) is 0 Å². The van der Waals surface area contributed by atoms with Gasteiger partial charge in [0.1, 0.15) is 0 Å². The van der Waals surface area contributed by atoms with Crippen molar-refractivity contribution in [3.63, 3.8) is 0 Å². The summed E-state index contributed by atoms with van der Waals surface area (Å²) in [6.45, 7) is 4.27. The Balaban J connectivity index is 1.99. The number of benzene rings is 1. The van der Waals surface area contributed by atoms with Crippen LogP contribution in [0, 0.1) is 13.8 Å². The highest BCUT2D eigenvalue weighted by Gasteiger charge is 2.08. The molecule has 1 heterocycles. The van der Waals surface area contributed by atoms with Gasteiger partial charge in [-0.25, -0.2) is 9.78 Å². The molecule has 0 spiro atoms. The van der Waals surface area contributed by atoms with Crippen LogP contribution in [0.15, 0.2) is 24.3 Å². The molecular formula is C14H16N4O2. The highest BCUT2D eigenvalue weighted by Crippen LogP contribution is 2.10. The van der Waals surface area contributed by atoms with E-state index in [1.54, 1.807) is 12.1 Å². The minimum absolute atomic E-state index is 0.327. The number of hydrogen-bond donors (Lipinski definition) is 2. The number of nitrogens with zero attached hydrogens (tertiary/aromatic N) is 3. The molecule has 0 saturated heterocycles. The van der Waals surface area contributed by atoms with Gasteiger partial charge < -0.3 is 10.4 Å². The Morgan fingerprint density at radius 3 is 2.65 bits per heavy atom. The second kappa shape index (κ2) is 6.10. The van der Waals surface area contributed by atoms with Gasteiger partial charge in [-0.05, 0) is 31.9 Å². The third kappa shape index (κ3) is 3.28. The predicted octanol–water partition coefficient (Wildman–Crippen LogP) is 1.84. The molecule has 1 aromatic carbocycles. The Hall–Kier alpha value is -2.50. The van der Waals surface area contributed by atoms with Crippen molar-refractivity contribution in [2.24, 2.45) is 0 Å². The first-order valence-corrected chi connectivity index (χ1v) is 6.31. The maximum atomic E-state index is 11.1. The third-order valence-electron chi connectivity index (χ3n) is 3.02. The van der Waals surface area contributed by atoms with Crippen LogP contribution in [-0.4, -0.2) is 32.8 Å². The van der Waals surface area contributed by atoms with E-state index in [1.807, 2.05) is 26.0 Å². The fraction of sp³-hybridized carbons (Fsp3) is 0.286. The van der Waals surface area contributed by atoms with E-state index in [2.05, 4.69) is 20.5 Å². The lowest BCUT2D eigenvalue weighted by molar-refractivity contribution is 0.0695. The van der Waals surface area contributed by atoms with Gasteiger partial charge >= 0.3 is 5.97 Å². The molecule has 0 saturated carbocycles. The smallest absolute Gasteiger partial charge is 0.335 e. The summed E-state index contributed by atoms with van der Waals surface area (Å²) in [5.74, 6) is -0.453. The summed E-state index contributed by atoms with van der Waals surface area (Å²) in [6.07, 6.45) is 0.582. The Labute approximate surface area is 116 Å². The quantitative estimate of drug-likeness (QED) is 0.863.